The number of hydrogen-bond donors (Lipinski definition) is 0. The van der Waals surface area contributed by atoms with Gasteiger partial charge in [0.2, 0.25) is 0 Å². The summed E-state index contributed by atoms with van der Waals surface area (Å²) in [7, 11) is 0. The Bertz CT molecular complexity index is 979. The van der Waals surface area contributed by atoms with Gasteiger partial charge >= 0.3 is 0 Å². The molecular formula is C21H20N6. The van der Waals surface area contributed by atoms with E-state index < -0.39 is 0 Å². The molecule has 1 fully saturated rings. The Morgan fingerprint density at radius 3 is 2.89 bits per heavy atom. The Morgan fingerprint density at radius 2 is 2.11 bits per heavy atom. The Labute approximate surface area is 158 Å². The van der Waals surface area contributed by atoms with Crippen LogP contribution >= 0.6 is 0 Å². The van der Waals surface area contributed by atoms with Gasteiger partial charge in [0.05, 0.1) is 6.20 Å². The molecule has 1 saturated heterocycles. The van der Waals surface area contributed by atoms with Gasteiger partial charge in [-0.1, -0.05) is 12.1 Å². The van der Waals surface area contributed by atoms with E-state index in [2.05, 4.69) is 32.0 Å². The number of anilines is 1. The molecule has 0 saturated carbocycles. The number of aromatic nitrogens is 4. The molecule has 0 aromatic carbocycles. The molecule has 0 spiro atoms. The van der Waals surface area contributed by atoms with Gasteiger partial charge in [-0.2, -0.15) is 5.26 Å². The van der Waals surface area contributed by atoms with E-state index in [1.54, 1.807) is 12.4 Å². The smallest absolute Gasteiger partial charge is 0.180 e. The van der Waals surface area contributed by atoms with Crippen LogP contribution in [0.1, 0.15) is 23.2 Å². The van der Waals surface area contributed by atoms with Gasteiger partial charge in [0.25, 0.3) is 0 Å². The highest BCUT2D eigenvalue weighted by Gasteiger charge is 2.26. The van der Waals surface area contributed by atoms with Crippen LogP contribution in [0.2, 0.25) is 0 Å². The van der Waals surface area contributed by atoms with E-state index in [0.29, 0.717) is 23.1 Å². The van der Waals surface area contributed by atoms with E-state index in [1.807, 2.05) is 37.4 Å². The molecule has 6 nitrogen and oxygen atoms in total. The Kier molecular flexibility index (Phi) is 4.75. The van der Waals surface area contributed by atoms with Crippen LogP contribution in [0.3, 0.4) is 0 Å². The number of aryl methyl sites for hydroxylation is 1. The predicted octanol–water partition coefficient (Wildman–Crippen LogP) is 3.18. The lowest BCUT2D eigenvalue weighted by atomic mass is 10.0. The first-order valence-electron chi connectivity index (χ1n) is 9.08. The van der Waals surface area contributed by atoms with Crippen LogP contribution in [0.15, 0.2) is 48.9 Å². The highest BCUT2D eigenvalue weighted by Crippen LogP contribution is 2.28. The van der Waals surface area contributed by atoms with E-state index in [0.717, 1.165) is 37.3 Å². The fraction of sp³-hybridized carbons (Fsp3) is 0.286. The van der Waals surface area contributed by atoms with Gasteiger partial charge in [0.1, 0.15) is 17.3 Å². The lowest BCUT2D eigenvalue weighted by Crippen LogP contribution is -2.23. The lowest BCUT2D eigenvalue weighted by molar-refractivity contribution is 0.585. The maximum atomic E-state index is 9.50. The summed E-state index contributed by atoms with van der Waals surface area (Å²) >= 11 is 0. The zero-order valence-corrected chi connectivity index (χ0v) is 15.2. The van der Waals surface area contributed by atoms with E-state index in [9.17, 15) is 5.26 Å². The van der Waals surface area contributed by atoms with Crippen molar-refractivity contribution in [2.75, 3.05) is 18.0 Å². The van der Waals surface area contributed by atoms with Crippen molar-refractivity contribution >= 4 is 5.82 Å². The number of rotatable bonds is 4. The molecule has 0 N–H and O–H groups in total. The van der Waals surface area contributed by atoms with Gasteiger partial charge in [-0.3, -0.25) is 4.98 Å². The zero-order chi connectivity index (χ0) is 18.6. The summed E-state index contributed by atoms with van der Waals surface area (Å²) in [5.41, 5.74) is 3.40. The predicted molar refractivity (Wildman–Crippen MR) is 103 cm³/mol. The Morgan fingerprint density at radius 1 is 1.19 bits per heavy atom. The molecule has 1 aliphatic heterocycles. The Balaban J connectivity index is 1.58. The Hall–Kier alpha value is -3.33. The third-order valence-electron chi connectivity index (χ3n) is 4.84. The van der Waals surface area contributed by atoms with Crippen LogP contribution in [0, 0.1) is 24.2 Å². The first kappa shape index (κ1) is 17.1. The number of nitriles is 1. The van der Waals surface area contributed by atoms with Crippen LogP contribution in [0.5, 0.6) is 0 Å². The summed E-state index contributed by atoms with van der Waals surface area (Å²) in [5.74, 6) is 1.79. The standard InChI is InChI=1S/C21H20N6/c1-15-4-2-6-19(25-15)20-24-13-18(11-22)21(26-20)27-9-7-17(14-27)10-16-5-3-8-23-12-16/h2-6,8,12-13,17H,7,9-10,14H2,1H3. The molecule has 134 valence electrons. The van der Waals surface area contributed by atoms with Gasteiger partial charge in [-0.15, -0.1) is 0 Å². The van der Waals surface area contributed by atoms with Gasteiger partial charge in [0, 0.05) is 31.2 Å². The molecule has 0 radical (unpaired) electrons. The monoisotopic (exact) mass is 356 g/mol. The van der Waals surface area contributed by atoms with E-state index >= 15 is 0 Å². The second-order valence-corrected chi connectivity index (χ2v) is 6.87. The summed E-state index contributed by atoms with van der Waals surface area (Å²) in [5, 5.41) is 9.50. The molecular weight excluding hydrogens is 336 g/mol. The van der Waals surface area contributed by atoms with Crippen molar-refractivity contribution in [3.05, 3.63) is 65.7 Å². The average molecular weight is 356 g/mol. The molecule has 27 heavy (non-hydrogen) atoms. The van der Waals surface area contributed by atoms with Gasteiger partial charge < -0.3 is 4.90 Å². The summed E-state index contributed by atoms with van der Waals surface area (Å²) in [6.07, 6.45) is 7.39. The third-order valence-corrected chi connectivity index (χ3v) is 4.84. The molecule has 0 bridgehead atoms. The fourth-order valence-electron chi connectivity index (χ4n) is 3.53. The topological polar surface area (TPSA) is 78.6 Å². The van der Waals surface area contributed by atoms with Crippen LogP contribution in [0.4, 0.5) is 5.82 Å². The highest BCUT2D eigenvalue weighted by molar-refractivity contribution is 5.59. The van der Waals surface area contributed by atoms with Gasteiger partial charge in [0.15, 0.2) is 11.6 Å². The van der Waals surface area contributed by atoms with Crippen LogP contribution in [0.25, 0.3) is 11.5 Å². The maximum absolute atomic E-state index is 9.50. The summed E-state index contributed by atoms with van der Waals surface area (Å²) in [6.45, 7) is 3.70. The van der Waals surface area contributed by atoms with Gasteiger partial charge in [-0.25, -0.2) is 15.0 Å². The first-order chi connectivity index (χ1) is 13.2. The van der Waals surface area contributed by atoms with Crippen molar-refractivity contribution in [2.45, 2.75) is 19.8 Å². The van der Waals surface area contributed by atoms with Crippen molar-refractivity contribution in [1.82, 2.24) is 19.9 Å². The van der Waals surface area contributed by atoms with Crippen LogP contribution in [-0.2, 0) is 6.42 Å². The molecule has 4 heterocycles. The summed E-state index contributed by atoms with van der Waals surface area (Å²) in [6, 6.07) is 12.1. The van der Waals surface area contributed by atoms with E-state index in [-0.39, 0.29) is 0 Å². The second-order valence-electron chi connectivity index (χ2n) is 6.87. The molecule has 6 heteroatoms. The van der Waals surface area contributed by atoms with Crippen molar-refractivity contribution < 1.29 is 0 Å². The normalized spacial score (nSPS) is 16.3. The van der Waals surface area contributed by atoms with Crippen molar-refractivity contribution in [3.63, 3.8) is 0 Å². The first-order valence-corrected chi connectivity index (χ1v) is 9.08. The molecule has 1 aliphatic rings. The SMILES string of the molecule is Cc1cccc(-c2ncc(C#N)c(N3CCC(Cc4cccnc4)C3)n2)n1. The minimum Gasteiger partial charge on any atom is -0.355 e. The molecule has 1 atom stereocenters. The third kappa shape index (κ3) is 3.77. The van der Waals surface area contributed by atoms with E-state index in [1.165, 1.54) is 5.56 Å². The molecule has 0 amide bonds. The van der Waals surface area contributed by atoms with Crippen LogP contribution in [-0.4, -0.2) is 33.0 Å². The van der Waals surface area contributed by atoms with Crippen LogP contribution < -0.4 is 4.90 Å². The summed E-state index contributed by atoms with van der Waals surface area (Å²) < 4.78 is 0. The molecule has 0 aliphatic carbocycles. The highest BCUT2D eigenvalue weighted by atomic mass is 15.2. The largest absolute Gasteiger partial charge is 0.355 e. The summed E-state index contributed by atoms with van der Waals surface area (Å²) in [4.78, 5) is 19.9. The van der Waals surface area contributed by atoms with Crippen molar-refractivity contribution in [3.8, 4) is 17.6 Å². The zero-order valence-electron chi connectivity index (χ0n) is 15.2. The molecule has 1 unspecified atom stereocenters. The quantitative estimate of drug-likeness (QED) is 0.714. The lowest BCUT2D eigenvalue weighted by Gasteiger charge is -2.19. The maximum Gasteiger partial charge on any atom is 0.180 e. The molecule has 4 rings (SSSR count). The van der Waals surface area contributed by atoms with E-state index in [4.69, 9.17) is 4.98 Å². The number of pyridine rings is 2. The van der Waals surface area contributed by atoms with Crippen molar-refractivity contribution in [1.29, 1.82) is 5.26 Å². The number of hydrogen-bond acceptors (Lipinski definition) is 6. The minimum absolute atomic E-state index is 0.508. The molecule has 3 aromatic heterocycles. The average Bonchev–Trinajstić information content (AvgIpc) is 3.16. The fourth-order valence-corrected chi connectivity index (χ4v) is 3.53. The van der Waals surface area contributed by atoms with Gasteiger partial charge in [-0.05, 0) is 49.4 Å². The van der Waals surface area contributed by atoms with Crippen molar-refractivity contribution in [2.24, 2.45) is 5.92 Å². The number of nitrogens with zero attached hydrogens (tertiary/aromatic N) is 6. The second kappa shape index (κ2) is 7.50. The molecule has 3 aromatic rings. The minimum atomic E-state index is 0.508.